The molecule has 1 saturated heterocycles. The quantitative estimate of drug-likeness (QED) is 0.854. The highest BCUT2D eigenvalue weighted by Gasteiger charge is 2.18. The van der Waals surface area contributed by atoms with E-state index in [1.165, 1.54) is 5.56 Å². The Kier molecular flexibility index (Phi) is 4.14. The van der Waals surface area contributed by atoms with Gasteiger partial charge in [0.2, 0.25) is 0 Å². The molecule has 1 aliphatic rings. The zero-order valence-electron chi connectivity index (χ0n) is 12.0. The average molecular weight is 271 g/mol. The van der Waals surface area contributed by atoms with Gasteiger partial charge in [-0.05, 0) is 12.5 Å². The molecule has 106 valence electrons. The smallest absolute Gasteiger partial charge is 0.150 e. The Hall–Kier alpha value is -1.65. The molecule has 0 saturated carbocycles. The van der Waals surface area contributed by atoms with Crippen LogP contribution in [0.15, 0.2) is 40.9 Å². The van der Waals surface area contributed by atoms with Gasteiger partial charge in [0.25, 0.3) is 0 Å². The number of hydrogen-bond acceptors (Lipinski definition) is 4. The van der Waals surface area contributed by atoms with Crippen LogP contribution in [0.5, 0.6) is 0 Å². The van der Waals surface area contributed by atoms with Gasteiger partial charge in [-0.2, -0.15) is 0 Å². The Morgan fingerprint density at radius 1 is 1.00 bits per heavy atom. The third-order valence-electron chi connectivity index (χ3n) is 3.77. The van der Waals surface area contributed by atoms with E-state index in [1.54, 1.807) is 0 Å². The number of benzene rings is 1. The summed E-state index contributed by atoms with van der Waals surface area (Å²) in [6.45, 7) is 8.30. The highest BCUT2D eigenvalue weighted by atomic mass is 16.5. The van der Waals surface area contributed by atoms with E-state index in [0.29, 0.717) is 0 Å². The molecule has 0 radical (unpaired) electrons. The first kappa shape index (κ1) is 13.3. The number of nitrogens with zero attached hydrogens (tertiary/aromatic N) is 3. The lowest BCUT2D eigenvalue weighted by atomic mass is 10.2. The Labute approximate surface area is 120 Å². The van der Waals surface area contributed by atoms with Gasteiger partial charge in [0.05, 0.1) is 12.2 Å². The highest BCUT2D eigenvalue weighted by Crippen LogP contribution is 2.12. The van der Waals surface area contributed by atoms with Crippen LogP contribution in [0.4, 0.5) is 0 Å². The number of hydrogen-bond donors (Lipinski definition) is 0. The lowest BCUT2D eigenvalue weighted by Crippen LogP contribution is -2.45. The van der Waals surface area contributed by atoms with Gasteiger partial charge in [-0.25, -0.2) is 0 Å². The maximum absolute atomic E-state index is 5.28. The fourth-order valence-corrected chi connectivity index (χ4v) is 2.66. The summed E-state index contributed by atoms with van der Waals surface area (Å²) in [6, 6.07) is 12.7. The first-order valence-electron chi connectivity index (χ1n) is 7.20. The van der Waals surface area contributed by atoms with E-state index >= 15 is 0 Å². The summed E-state index contributed by atoms with van der Waals surface area (Å²) in [5, 5.41) is 3.94. The molecule has 1 fully saturated rings. The maximum Gasteiger partial charge on any atom is 0.150 e. The van der Waals surface area contributed by atoms with E-state index in [0.717, 1.165) is 50.7 Å². The molecule has 0 aliphatic carbocycles. The second-order valence-electron chi connectivity index (χ2n) is 5.47. The summed E-state index contributed by atoms with van der Waals surface area (Å²) < 4.78 is 5.28. The third kappa shape index (κ3) is 3.46. The van der Waals surface area contributed by atoms with Crippen LogP contribution in [0.25, 0.3) is 0 Å². The first-order valence-corrected chi connectivity index (χ1v) is 7.20. The number of rotatable bonds is 4. The molecule has 0 spiro atoms. The first-order chi connectivity index (χ1) is 9.79. The van der Waals surface area contributed by atoms with Gasteiger partial charge in [-0.3, -0.25) is 9.80 Å². The topological polar surface area (TPSA) is 32.5 Å². The van der Waals surface area contributed by atoms with Gasteiger partial charge >= 0.3 is 0 Å². The van der Waals surface area contributed by atoms with Gasteiger partial charge in [0.1, 0.15) is 0 Å². The molecular formula is C16H21N3O. The lowest BCUT2D eigenvalue weighted by molar-refractivity contribution is 0.113. The fraction of sp³-hybridized carbons (Fsp3) is 0.438. The van der Waals surface area contributed by atoms with Crippen molar-refractivity contribution in [3.05, 3.63) is 53.4 Å². The third-order valence-corrected chi connectivity index (χ3v) is 3.77. The van der Waals surface area contributed by atoms with Crippen molar-refractivity contribution in [1.29, 1.82) is 0 Å². The van der Waals surface area contributed by atoms with Crippen LogP contribution in [0, 0.1) is 6.92 Å². The second kappa shape index (κ2) is 6.20. The largest absolute Gasteiger partial charge is 0.360 e. The van der Waals surface area contributed by atoms with E-state index in [-0.39, 0.29) is 0 Å². The highest BCUT2D eigenvalue weighted by molar-refractivity contribution is 5.14. The van der Waals surface area contributed by atoms with Gasteiger partial charge < -0.3 is 4.52 Å². The zero-order chi connectivity index (χ0) is 13.8. The lowest BCUT2D eigenvalue weighted by Gasteiger charge is -2.34. The van der Waals surface area contributed by atoms with E-state index in [2.05, 4.69) is 45.3 Å². The number of aromatic nitrogens is 1. The van der Waals surface area contributed by atoms with Crippen molar-refractivity contribution in [3.8, 4) is 0 Å². The number of piperazine rings is 1. The molecule has 20 heavy (non-hydrogen) atoms. The summed E-state index contributed by atoms with van der Waals surface area (Å²) in [7, 11) is 0. The van der Waals surface area contributed by atoms with E-state index in [4.69, 9.17) is 4.52 Å². The molecule has 0 N–H and O–H groups in total. The van der Waals surface area contributed by atoms with Crippen LogP contribution in [-0.4, -0.2) is 41.1 Å². The molecule has 1 aromatic carbocycles. The second-order valence-corrected chi connectivity index (χ2v) is 5.47. The van der Waals surface area contributed by atoms with Crippen LogP contribution in [-0.2, 0) is 13.1 Å². The minimum absolute atomic E-state index is 0.875. The predicted octanol–water partition coefficient (Wildman–Crippen LogP) is 2.30. The maximum atomic E-state index is 5.28. The van der Waals surface area contributed by atoms with Crippen molar-refractivity contribution in [2.75, 3.05) is 26.2 Å². The van der Waals surface area contributed by atoms with E-state index in [9.17, 15) is 0 Å². The molecule has 0 unspecified atom stereocenters. The van der Waals surface area contributed by atoms with Gasteiger partial charge in [-0.15, -0.1) is 0 Å². The van der Waals surface area contributed by atoms with E-state index in [1.807, 2.05) is 13.0 Å². The molecule has 3 rings (SSSR count). The van der Waals surface area contributed by atoms with Gasteiger partial charge in [0, 0.05) is 38.8 Å². The minimum atomic E-state index is 0.875. The van der Waals surface area contributed by atoms with Crippen LogP contribution < -0.4 is 0 Å². The van der Waals surface area contributed by atoms with Gasteiger partial charge in [-0.1, -0.05) is 35.5 Å². The van der Waals surface area contributed by atoms with Crippen molar-refractivity contribution < 1.29 is 4.52 Å². The molecule has 0 amide bonds. The summed E-state index contributed by atoms with van der Waals surface area (Å²) in [6.07, 6.45) is 0. The van der Waals surface area contributed by atoms with Crippen molar-refractivity contribution in [2.24, 2.45) is 0 Å². The van der Waals surface area contributed by atoms with Crippen molar-refractivity contribution in [3.63, 3.8) is 0 Å². The minimum Gasteiger partial charge on any atom is -0.360 e. The van der Waals surface area contributed by atoms with Crippen LogP contribution in [0.1, 0.15) is 17.0 Å². The Bertz CT molecular complexity index is 530. The fourth-order valence-electron chi connectivity index (χ4n) is 2.66. The molecule has 1 aliphatic heterocycles. The van der Waals surface area contributed by atoms with Gasteiger partial charge in [0.15, 0.2) is 5.76 Å². The molecular weight excluding hydrogens is 250 g/mol. The van der Waals surface area contributed by atoms with Crippen LogP contribution >= 0.6 is 0 Å². The Morgan fingerprint density at radius 3 is 2.25 bits per heavy atom. The van der Waals surface area contributed by atoms with Crippen LogP contribution in [0.2, 0.25) is 0 Å². The number of aryl methyl sites for hydroxylation is 1. The average Bonchev–Trinajstić information content (AvgIpc) is 2.88. The Balaban J connectivity index is 1.47. The van der Waals surface area contributed by atoms with Crippen molar-refractivity contribution in [1.82, 2.24) is 15.0 Å². The molecule has 2 heterocycles. The zero-order valence-corrected chi connectivity index (χ0v) is 12.0. The molecule has 0 bridgehead atoms. The van der Waals surface area contributed by atoms with Crippen LogP contribution in [0.3, 0.4) is 0 Å². The molecule has 0 atom stereocenters. The normalized spacial score (nSPS) is 17.4. The van der Waals surface area contributed by atoms with Crippen molar-refractivity contribution in [2.45, 2.75) is 20.0 Å². The molecule has 4 nitrogen and oxygen atoms in total. The SMILES string of the molecule is Cc1cc(CN2CCN(Cc3ccccc3)CC2)on1. The summed E-state index contributed by atoms with van der Waals surface area (Å²) in [5.41, 5.74) is 2.36. The summed E-state index contributed by atoms with van der Waals surface area (Å²) in [5.74, 6) is 0.971. The molecule has 2 aromatic rings. The molecule has 4 heteroatoms. The van der Waals surface area contributed by atoms with Crippen molar-refractivity contribution >= 4 is 0 Å². The summed E-state index contributed by atoms with van der Waals surface area (Å²) >= 11 is 0. The standard InChI is InChI=1S/C16H21N3O/c1-14-11-16(20-17-14)13-19-9-7-18(8-10-19)12-15-5-3-2-4-6-15/h2-6,11H,7-10,12-13H2,1H3. The predicted molar refractivity (Wildman–Crippen MR) is 78.2 cm³/mol. The van der Waals surface area contributed by atoms with E-state index < -0.39 is 0 Å². The monoisotopic (exact) mass is 271 g/mol. The molecule has 1 aromatic heterocycles. The summed E-state index contributed by atoms with van der Waals surface area (Å²) in [4.78, 5) is 4.94. The Morgan fingerprint density at radius 2 is 1.65 bits per heavy atom.